The Labute approximate surface area is 235 Å². The zero-order chi connectivity index (χ0) is 27.5. The zero-order valence-electron chi connectivity index (χ0n) is 22.5. The highest BCUT2D eigenvalue weighted by Gasteiger charge is 2.31. The summed E-state index contributed by atoms with van der Waals surface area (Å²) in [5.74, 6) is 1.12. The molecule has 1 saturated carbocycles. The molecule has 1 unspecified atom stereocenters. The van der Waals surface area contributed by atoms with Gasteiger partial charge in [0.25, 0.3) is 0 Å². The number of thioether (sulfide) groups is 1. The van der Waals surface area contributed by atoms with Gasteiger partial charge in [-0.3, -0.25) is 9.59 Å². The van der Waals surface area contributed by atoms with E-state index >= 15 is 0 Å². The number of nitrogens with one attached hydrogen (secondary N) is 1. The lowest BCUT2D eigenvalue weighted by atomic mass is 9.94. The fourth-order valence-electron chi connectivity index (χ4n) is 4.95. The number of benzene rings is 3. The van der Waals surface area contributed by atoms with Crippen LogP contribution in [0, 0.1) is 5.82 Å². The van der Waals surface area contributed by atoms with Crippen molar-refractivity contribution in [2.24, 2.45) is 0 Å². The Morgan fingerprint density at radius 3 is 2.26 bits per heavy atom. The summed E-state index contributed by atoms with van der Waals surface area (Å²) in [4.78, 5) is 29.2. The van der Waals surface area contributed by atoms with E-state index in [0.717, 1.165) is 48.1 Å². The molecule has 0 aromatic heterocycles. The number of methoxy groups -OCH3 is 1. The summed E-state index contributed by atoms with van der Waals surface area (Å²) in [6, 6.07) is 23.2. The maximum Gasteiger partial charge on any atom is 0.243 e. The molecule has 3 aromatic rings. The largest absolute Gasteiger partial charge is 0.497 e. The average molecular weight is 549 g/mol. The van der Waals surface area contributed by atoms with Crippen molar-refractivity contribution in [3.8, 4) is 5.75 Å². The van der Waals surface area contributed by atoms with Crippen LogP contribution >= 0.6 is 11.8 Å². The lowest BCUT2D eigenvalue weighted by molar-refractivity contribution is -0.139. The molecule has 0 bridgehead atoms. The van der Waals surface area contributed by atoms with Gasteiger partial charge in [0, 0.05) is 24.8 Å². The number of carbonyl (C=O) groups excluding carboxylic acids is 2. The third-order valence-electron chi connectivity index (χ3n) is 7.14. The van der Waals surface area contributed by atoms with Crippen LogP contribution in [0.25, 0.3) is 0 Å². The van der Waals surface area contributed by atoms with Crippen LogP contribution in [0.15, 0.2) is 78.9 Å². The van der Waals surface area contributed by atoms with Gasteiger partial charge in [0.15, 0.2) is 0 Å². The molecule has 0 heterocycles. The second-order valence-corrected chi connectivity index (χ2v) is 11.0. The Hall–Kier alpha value is -3.32. The summed E-state index contributed by atoms with van der Waals surface area (Å²) < 4.78 is 18.9. The van der Waals surface area contributed by atoms with Gasteiger partial charge in [0.2, 0.25) is 11.8 Å². The molecule has 1 atom stereocenters. The first kappa shape index (κ1) is 28.7. The molecule has 0 spiro atoms. The highest BCUT2D eigenvalue weighted by molar-refractivity contribution is 7.99. The van der Waals surface area contributed by atoms with E-state index < -0.39 is 6.04 Å². The number of amides is 2. The van der Waals surface area contributed by atoms with Crippen molar-refractivity contribution < 1.29 is 18.7 Å². The number of hydrogen-bond acceptors (Lipinski definition) is 4. The molecule has 3 aromatic carbocycles. The Kier molecular flexibility index (Phi) is 10.8. The number of halogens is 1. The lowest BCUT2D eigenvalue weighted by Crippen LogP contribution is -2.53. The van der Waals surface area contributed by atoms with Crippen LogP contribution in [0.5, 0.6) is 5.75 Å². The number of ether oxygens (including phenoxy) is 1. The van der Waals surface area contributed by atoms with Crippen molar-refractivity contribution in [1.82, 2.24) is 10.2 Å². The molecule has 1 aliphatic carbocycles. The standard InChI is InChI=1S/C32H37FN2O3S/c1-38-29-18-14-26(15-19-29)22-39-23-31(36)35(21-25-12-16-27(33)17-13-25)30(20-24-8-4-2-5-9-24)32(37)34-28-10-6-3-7-11-28/h2,4-5,8-9,12-19,28,30H,3,6-7,10-11,20-23H2,1H3,(H,34,37). The van der Waals surface area contributed by atoms with Gasteiger partial charge >= 0.3 is 0 Å². The first-order chi connectivity index (χ1) is 19.0. The molecule has 0 saturated heterocycles. The predicted octanol–water partition coefficient (Wildman–Crippen LogP) is 6.16. The average Bonchev–Trinajstić information content (AvgIpc) is 2.97. The van der Waals surface area contributed by atoms with Crippen LogP contribution in [0.3, 0.4) is 0 Å². The third-order valence-corrected chi connectivity index (χ3v) is 8.13. The predicted molar refractivity (Wildman–Crippen MR) is 155 cm³/mol. The van der Waals surface area contributed by atoms with E-state index in [1.54, 1.807) is 24.1 Å². The van der Waals surface area contributed by atoms with Crippen LogP contribution in [0.1, 0.15) is 48.8 Å². The molecular weight excluding hydrogens is 511 g/mol. The Morgan fingerprint density at radius 1 is 0.923 bits per heavy atom. The van der Waals surface area contributed by atoms with E-state index in [0.29, 0.717) is 12.2 Å². The molecule has 39 heavy (non-hydrogen) atoms. The van der Waals surface area contributed by atoms with Crippen molar-refractivity contribution >= 4 is 23.6 Å². The number of carbonyl (C=O) groups is 2. The van der Waals surface area contributed by atoms with Gasteiger partial charge in [-0.25, -0.2) is 4.39 Å². The molecule has 5 nitrogen and oxygen atoms in total. The second kappa shape index (κ2) is 14.7. The molecule has 1 aliphatic rings. The fraction of sp³-hybridized carbons (Fsp3) is 0.375. The summed E-state index contributed by atoms with van der Waals surface area (Å²) in [6.07, 6.45) is 5.75. The van der Waals surface area contributed by atoms with E-state index in [1.807, 2.05) is 54.6 Å². The van der Waals surface area contributed by atoms with E-state index in [-0.39, 0.29) is 36.0 Å². The van der Waals surface area contributed by atoms with Crippen LogP contribution in [-0.4, -0.2) is 41.7 Å². The van der Waals surface area contributed by atoms with Crippen molar-refractivity contribution in [2.45, 2.75) is 62.9 Å². The maximum absolute atomic E-state index is 13.8. The highest BCUT2D eigenvalue weighted by atomic mass is 32.2. The number of rotatable bonds is 12. The smallest absolute Gasteiger partial charge is 0.243 e. The lowest BCUT2D eigenvalue weighted by Gasteiger charge is -2.33. The Morgan fingerprint density at radius 2 is 1.59 bits per heavy atom. The minimum Gasteiger partial charge on any atom is -0.497 e. The number of hydrogen-bond donors (Lipinski definition) is 1. The summed E-state index contributed by atoms with van der Waals surface area (Å²) in [5.41, 5.74) is 2.87. The quantitative estimate of drug-likeness (QED) is 0.295. The highest BCUT2D eigenvalue weighted by Crippen LogP contribution is 2.22. The molecule has 0 radical (unpaired) electrons. The van der Waals surface area contributed by atoms with Crippen molar-refractivity contribution in [3.05, 3.63) is 101 Å². The molecule has 4 rings (SSSR count). The maximum atomic E-state index is 13.8. The second-order valence-electron chi connectivity index (χ2n) is 10.0. The van der Waals surface area contributed by atoms with Crippen molar-refractivity contribution in [2.75, 3.05) is 12.9 Å². The van der Waals surface area contributed by atoms with Gasteiger partial charge in [-0.15, -0.1) is 11.8 Å². The van der Waals surface area contributed by atoms with Crippen LogP contribution in [-0.2, 0) is 28.3 Å². The van der Waals surface area contributed by atoms with Crippen LogP contribution in [0.2, 0.25) is 0 Å². The van der Waals surface area contributed by atoms with Crippen LogP contribution < -0.4 is 10.1 Å². The Bertz CT molecular complexity index is 1180. The van der Waals surface area contributed by atoms with Gasteiger partial charge in [-0.05, 0) is 53.8 Å². The molecule has 0 aliphatic heterocycles. The molecule has 7 heteroatoms. The van der Waals surface area contributed by atoms with E-state index in [2.05, 4.69) is 5.32 Å². The first-order valence-electron chi connectivity index (χ1n) is 13.6. The zero-order valence-corrected chi connectivity index (χ0v) is 23.3. The molecule has 206 valence electrons. The first-order valence-corrected chi connectivity index (χ1v) is 14.8. The molecule has 1 N–H and O–H groups in total. The van der Waals surface area contributed by atoms with E-state index in [4.69, 9.17) is 4.74 Å². The van der Waals surface area contributed by atoms with E-state index in [1.165, 1.54) is 30.3 Å². The number of nitrogens with zero attached hydrogens (tertiary/aromatic N) is 1. The van der Waals surface area contributed by atoms with Crippen molar-refractivity contribution in [3.63, 3.8) is 0 Å². The minimum atomic E-state index is -0.673. The van der Waals surface area contributed by atoms with Gasteiger partial charge < -0.3 is 15.0 Å². The van der Waals surface area contributed by atoms with Crippen LogP contribution in [0.4, 0.5) is 4.39 Å². The van der Waals surface area contributed by atoms with E-state index in [9.17, 15) is 14.0 Å². The Balaban J connectivity index is 1.54. The molecular formula is C32H37FN2O3S. The summed E-state index contributed by atoms with van der Waals surface area (Å²) in [6.45, 7) is 0.234. The summed E-state index contributed by atoms with van der Waals surface area (Å²) >= 11 is 1.52. The van der Waals surface area contributed by atoms with Gasteiger partial charge in [0.05, 0.1) is 12.9 Å². The third kappa shape index (κ3) is 8.85. The van der Waals surface area contributed by atoms with Crippen molar-refractivity contribution in [1.29, 1.82) is 0 Å². The minimum absolute atomic E-state index is 0.113. The summed E-state index contributed by atoms with van der Waals surface area (Å²) in [7, 11) is 1.63. The topological polar surface area (TPSA) is 58.6 Å². The van der Waals surface area contributed by atoms with Gasteiger partial charge in [-0.1, -0.05) is 73.9 Å². The summed E-state index contributed by atoms with van der Waals surface area (Å²) in [5, 5.41) is 3.25. The SMILES string of the molecule is COc1ccc(CSCC(=O)N(Cc2ccc(F)cc2)C(Cc2ccccc2)C(=O)NC2CCCCC2)cc1. The monoisotopic (exact) mass is 548 g/mol. The normalized spacial score (nSPS) is 14.4. The van der Waals surface area contributed by atoms with Gasteiger partial charge in [0.1, 0.15) is 17.6 Å². The fourth-order valence-corrected chi connectivity index (χ4v) is 5.82. The van der Waals surface area contributed by atoms with Gasteiger partial charge in [-0.2, -0.15) is 0 Å². The molecule has 1 fully saturated rings. The molecule has 2 amide bonds.